The molecule has 0 spiro atoms. The van der Waals surface area contributed by atoms with Crippen LogP contribution in [0.5, 0.6) is 0 Å². The number of carbonyl (C=O) groups is 1. The Morgan fingerprint density at radius 3 is 2.83 bits per heavy atom. The third-order valence-electron chi connectivity index (χ3n) is 4.38. The van der Waals surface area contributed by atoms with Crippen LogP contribution in [0.2, 0.25) is 0 Å². The van der Waals surface area contributed by atoms with Crippen LogP contribution < -0.4 is 10.2 Å². The number of nitrogens with zero attached hydrogens (tertiary/aromatic N) is 1. The van der Waals surface area contributed by atoms with Crippen molar-refractivity contribution < 1.29 is 4.79 Å². The number of halogens is 1. The van der Waals surface area contributed by atoms with Crippen LogP contribution in [-0.4, -0.2) is 18.5 Å². The fourth-order valence-electron chi connectivity index (χ4n) is 3.07. The van der Waals surface area contributed by atoms with E-state index in [4.69, 9.17) is 0 Å². The highest BCUT2D eigenvalue weighted by atomic mass is 79.9. The van der Waals surface area contributed by atoms with Crippen LogP contribution in [-0.2, 0) is 11.2 Å². The zero-order valence-corrected chi connectivity index (χ0v) is 15.1. The summed E-state index contributed by atoms with van der Waals surface area (Å²) < 4.78 is 0.914. The first-order chi connectivity index (χ1) is 11.1. The first-order valence-electron chi connectivity index (χ1n) is 7.98. The Balaban J connectivity index is 1.78. The van der Waals surface area contributed by atoms with Gasteiger partial charge in [-0.25, -0.2) is 0 Å². The molecule has 1 aliphatic rings. The van der Waals surface area contributed by atoms with Gasteiger partial charge in [-0.1, -0.05) is 24.3 Å². The SMILES string of the molecule is Cc1ccc(NC(=O)C(C)N2CCCc3ccccc32)c(Br)c1. The molecule has 120 valence electrons. The minimum Gasteiger partial charge on any atom is -0.360 e. The molecule has 0 bridgehead atoms. The molecule has 2 aromatic carbocycles. The zero-order chi connectivity index (χ0) is 16.4. The first-order valence-corrected chi connectivity index (χ1v) is 8.77. The molecule has 2 aromatic rings. The van der Waals surface area contributed by atoms with E-state index in [1.807, 2.05) is 38.1 Å². The molecule has 0 aromatic heterocycles. The van der Waals surface area contributed by atoms with E-state index >= 15 is 0 Å². The van der Waals surface area contributed by atoms with Gasteiger partial charge in [-0.2, -0.15) is 0 Å². The van der Waals surface area contributed by atoms with Crippen molar-refractivity contribution in [2.75, 3.05) is 16.8 Å². The van der Waals surface area contributed by atoms with Crippen molar-refractivity contribution >= 4 is 33.2 Å². The minimum absolute atomic E-state index is 0.0197. The standard InChI is InChI=1S/C19H21BrN2O/c1-13-9-10-17(16(20)12-13)21-19(23)14(2)22-11-5-7-15-6-3-4-8-18(15)22/h3-4,6,8-10,12,14H,5,7,11H2,1-2H3,(H,21,23). The van der Waals surface area contributed by atoms with Crippen LogP contribution >= 0.6 is 15.9 Å². The molecule has 1 unspecified atom stereocenters. The van der Waals surface area contributed by atoms with Gasteiger partial charge in [0.2, 0.25) is 5.91 Å². The average Bonchev–Trinajstić information content (AvgIpc) is 2.56. The van der Waals surface area contributed by atoms with Gasteiger partial charge in [-0.3, -0.25) is 4.79 Å². The Morgan fingerprint density at radius 1 is 1.26 bits per heavy atom. The quantitative estimate of drug-likeness (QED) is 0.857. The Morgan fingerprint density at radius 2 is 2.04 bits per heavy atom. The maximum absolute atomic E-state index is 12.7. The molecular weight excluding hydrogens is 352 g/mol. The predicted octanol–water partition coefficient (Wildman–Crippen LogP) is 4.54. The Kier molecular flexibility index (Phi) is 4.71. The third-order valence-corrected chi connectivity index (χ3v) is 5.03. The second-order valence-corrected chi connectivity index (χ2v) is 6.93. The lowest BCUT2D eigenvalue weighted by molar-refractivity contribution is -0.117. The molecule has 4 heteroatoms. The topological polar surface area (TPSA) is 32.3 Å². The molecule has 0 radical (unpaired) electrons. The van der Waals surface area contributed by atoms with E-state index in [-0.39, 0.29) is 11.9 Å². The number of amides is 1. The molecule has 23 heavy (non-hydrogen) atoms. The Bertz CT molecular complexity index is 729. The summed E-state index contributed by atoms with van der Waals surface area (Å²) in [7, 11) is 0. The van der Waals surface area contributed by atoms with Crippen LogP contribution in [0.3, 0.4) is 0 Å². The molecule has 1 aliphatic heterocycles. The fourth-order valence-corrected chi connectivity index (χ4v) is 3.66. The number of carbonyl (C=O) groups excluding carboxylic acids is 1. The molecule has 1 amide bonds. The molecule has 1 N–H and O–H groups in total. The van der Waals surface area contributed by atoms with Crippen molar-refractivity contribution in [2.24, 2.45) is 0 Å². The number of para-hydroxylation sites is 1. The minimum atomic E-state index is -0.204. The number of hydrogen-bond donors (Lipinski definition) is 1. The number of nitrogens with one attached hydrogen (secondary N) is 1. The van der Waals surface area contributed by atoms with Crippen molar-refractivity contribution in [3.63, 3.8) is 0 Å². The average molecular weight is 373 g/mol. The lowest BCUT2D eigenvalue weighted by Gasteiger charge is -2.35. The summed E-state index contributed by atoms with van der Waals surface area (Å²) in [6, 6.07) is 14.1. The van der Waals surface area contributed by atoms with Crippen molar-refractivity contribution in [3.8, 4) is 0 Å². The maximum Gasteiger partial charge on any atom is 0.246 e. The summed E-state index contributed by atoms with van der Waals surface area (Å²) in [5.74, 6) is 0.0197. The summed E-state index contributed by atoms with van der Waals surface area (Å²) in [4.78, 5) is 14.9. The van der Waals surface area contributed by atoms with Crippen LogP contribution in [0.4, 0.5) is 11.4 Å². The highest BCUT2D eigenvalue weighted by Gasteiger charge is 2.26. The highest BCUT2D eigenvalue weighted by molar-refractivity contribution is 9.10. The third kappa shape index (κ3) is 3.42. The molecule has 3 rings (SSSR count). The van der Waals surface area contributed by atoms with Gasteiger partial charge < -0.3 is 10.2 Å². The summed E-state index contributed by atoms with van der Waals surface area (Å²) in [5.41, 5.74) is 4.49. The molecule has 3 nitrogen and oxygen atoms in total. The monoisotopic (exact) mass is 372 g/mol. The summed E-state index contributed by atoms with van der Waals surface area (Å²) in [5, 5.41) is 3.04. The van der Waals surface area contributed by atoms with Crippen LogP contribution in [0, 0.1) is 6.92 Å². The lowest BCUT2D eigenvalue weighted by Crippen LogP contribution is -2.44. The number of aryl methyl sites for hydroxylation is 2. The van der Waals surface area contributed by atoms with Gasteiger partial charge in [0.25, 0.3) is 0 Å². The molecular formula is C19H21BrN2O. The van der Waals surface area contributed by atoms with Crippen molar-refractivity contribution in [1.29, 1.82) is 0 Å². The summed E-state index contributed by atoms with van der Waals surface area (Å²) >= 11 is 3.52. The van der Waals surface area contributed by atoms with E-state index in [0.717, 1.165) is 35.1 Å². The van der Waals surface area contributed by atoms with Crippen LogP contribution in [0.25, 0.3) is 0 Å². The van der Waals surface area contributed by atoms with E-state index in [1.165, 1.54) is 11.3 Å². The molecule has 0 saturated heterocycles. The van der Waals surface area contributed by atoms with E-state index < -0.39 is 0 Å². The smallest absolute Gasteiger partial charge is 0.246 e. The van der Waals surface area contributed by atoms with Crippen molar-refractivity contribution in [2.45, 2.75) is 32.7 Å². The van der Waals surface area contributed by atoms with Crippen molar-refractivity contribution in [3.05, 3.63) is 58.1 Å². The molecule has 0 aliphatic carbocycles. The molecule has 0 saturated carbocycles. The van der Waals surface area contributed by atoms with Gasteiger partial charge in [0, 0.05) is 16.7 Å². The van der Waals surface area contributed by atoms with Gasteiger partial charge in [-0.05, 0) is 71.9 Å². The first kappa shape index (κ1) is 16.1. The van der Waals surface area contributed by atoms with Crippen LogP contribution in [0.1, 0.15) is 24.5 Å². The number of anilines is 2. The lowest BCUT2D eigenvalue weighted by atomic mass is 10.00. The maximum atomic E-state index is 12.7. The predicted molar refractivity (Wildman–Crippen MR) is 99.1 cm³/mol. The largest absolute Gasteiger partial charge is 0.360 e. The number of rotatable bonds is 3. The number of hydrogen-bond acceptors (Lipinski definition) is 2. The van der Waals surface area contributed by atoms with Gasteiger partial charge in [-0.15, -0.1) is 0 Å². The van der Waals surface area contributed by atoms with Gasteiger partial charge in [0.1, 0.15) is 6.04 Å². The van der Waals surface area contributed by atoms with E-state index in [2.05, 4.69) is 44.3 Å². The van der Waals surface area contributed by atoms with Gasteiger partial charge in [0.05, 0.1) is 5.69 Å². The van der Waals surface area contributed by atoms with Gasteiger partial charge in [0.15, 0.2) is 0 Å². The summed E-state index contributed by atoms with van der Waals surface area (Å²) in [6.45, 7) is 4.92. The molecule has 0 fully saturated rings. The van der Waals surface area contributed by atoms with Crippen LogP contribution in [0.15, 0.2) is 46.9 Å². The fraction of sp³-hybridized carbons (Fsp3) is 0.316. The van der Waals surface area contributed by atoms with E-state index in [0.29, 0.717) is 0 Å². The Hall–Kier alpha value is -1.81. The molecule has 1 atom stereocenters. The van der Waals surface area contributed by atoms with Gasteiger partial charge >= 0.3 is 0 Å². The van der Waals surface area contributed by atoms with E-state index in [9.17, 15) is 4.79 Å². The second-order valence-electron chi connectivity index (χ2n) is 6.07. The van der Waals surface area contributed by atoms with E-state index in [1.54, 1.807) is 0 Å². The Labute approximate surface area is 145 Å². The summed E-state index contributed by atoms with van der Waals surface area (Å²) in [6.07, 6.45) is 2.17. The highest BCUT2D eigenvalue weighted by Crippen LogP contribution is 2.29. The normalized spacial score (nSPS) is 15.0. The number of benzene rings is 2. The zero-order valence-electron chi connectivity index (χ0n) is 13.5. The van der Waals surface area contributed by atoms with Crippen molar-refractivity contribution in [1.82, 2.24) is 0 Å². The molecule has 1 heterocycles. The number of fused-ring (bicyclic) bond motifs is 1. The second kappa shape index (κ2) is 6.75.